The number of aromatic nitrogens is 3. The number of hydrogen-bond donors (Lipinski definition) is 2. The van der Waals surface area contributed by atoms with Gasteiger partial charge in [0.05, 0.1) is 17.5 Å². The number of H-pyrrole nitrogens is 1. The quantitative estimate of drug-likeness (QED) is 0.749. The van der Waals surface area contributed by atoms with E-state index in [9.17, 15) is 4.79 Å². The molecule has 2 aromatic heterocycles. The summed E-state index contributed by atoms with van der Waals surface area (Å²) in [5, 5.41) is 8.90. The number of hydrogen-bond acceptors (Lipinski definition) is 4. The summed E-state index contributed by atoms with van der Waals surface area (Å²) in [6, 6.07) is 11.8. The average molecular weight is 338 g/mol. The van der Waals surface area contributed by atoms with E-state index in [0.717, 1.165) is 54.0 Å². The Kier molecular flexibility index (Phi) is 4.38. The topological polar surface area (TPSA) is 71.9 Å². The number of para-hydroxylation sites is 1. The normalized spacial score (nSPS) is 17.4. The molecule has 6 heteroatoms. The summed E-state index contributed by atoms with van der Waals surface area (Å²) in [5.74, 6) is 0. The van der Waals surface area contributed by atoms with Gasteiger partial charge in [-0.2, -0.15) is 5.10 Å². The van der Waals surface area contributed by atoms with E-state index in [4.69, 9.17) is 4.74 Å². The van der Waals surface area contributed by atoms with Gasteiger partial charge in [0, 0.05) is 30.6 Å². The predicted molar refractivity (Wildman–Crippen MR) is 97.1 cm³/mol. The van der Waals surface area contributed by atoms with E-state index in [1.54, 1.807) is 4.68 Å². The molecule has 1 aliphatic rings. The fraction of sp³-hybridized carbons (Fsp3) is 0.368. The van der Waals surface area contributed by atoms with Crippen molar-refractivity contribution in [1.29, 1.82) is 0 Å². The molecule has 4 rings (SSSR count). The largest absolute Gasteiger partial charge is 0.377 e. The summed E-state index contributed by atoms with van der Waals surface area (Å²) in [6.45, 7) is 4.11. The predicted octanol–water partition coefficient (Wildman–Crippen LogP) is 2.29. The Hall–Kier alpha value is -2.44. The van der Waals surface area contributed by atoms with Gasteiger partial charge in [-0.1, -0.05) is 18.2 Å². The fourth-order valence-electron chi connectivity index (χ4n) is 3.32. The minimum absolute atomic E-state index is 0.0792. The lowest BCUT2D eigenvalue weighted by Crippen LogP contribution is -2.28. The summed E-state index contributed by atoms with van der Waals surface area (Å²) >= 11 is 0. The van der Waals surface area contributed by atoms with Gasteiger partial charge in [0.15, 0.2) is 0 Å². The molecule has 1 aromatic carbocycles. The van der Waals surface area contributed by atoms with Gasteiger partial charge >= 0.3 is 0 Å². The van der Waals surface area contributed by atoms with E-state index in [2.05, 4.69) is 15.4 Å². The molecule has 0 aliphatic carbocycles. The SMILES string of the molecule is Cc1nn(-c2ccccc2)c2[nH]c(=O)c(CNC[C@@H]3CCCO3)cc12. The standard InChI is InChI=1S/C19H22N4O2/c1-13-17-10-14(11-20-12-16-8-5-9-25-16)19(24)21-18(17)23(22-13)15-6-3-2-4-7-15/h2-4,6-7,10,16,20H,5,8-9,11-12H2,1H3,(H,21,24)/t16-/m0/s1. The smallest absolute Gasteiger partial charge is 0.254 e. The maximum absolute atomic E-state index is 12.5. The number of aromatic amines is 1. The second kappa shape index (κ2) is 6.82. The van der Waals surface area contributed by atoms with Crippen molar-refractivity contribution in [3.8, 4) is 5.69 Å². The molecule has 3 aromatic rings. The molecule has 3 heterocycles. The maximum atomic E-state index is 12.5. The molecular weight excluding hydrogens is 316 g/mol. The first kappa shape index (κ1) is 16.1. The van der Waals surface area contributed by atoms with Gasteiger partial charge in [-0.3, -0.25) is 4.79 Å². The van der Waals surface area contributed by atoms with Gasteiger partial charge in [-0.05, 0) is 38.0 Å². The van der Waals surface area contributed by atoms with Crippen molar-refractivity contribution in [2.45, 2.75) is 32.4 Å². The van der Waals surface area contributed by atoms with Crippen LogP contribution in [-0.2, 0) is 11.3 Å². The molecule has 2 N–H and O–H groups in total. The molecule has 130 valence electrons. The van der Waals surface area contributed by atoms with Gasteiger partial charge < -0.3 is 15.0 Å². The summed E-state index contributed by atoms with van der Waals surface area (Å²) in [6.07, 6.45) is 2.48. The average Bonchev–Trinajstić information content (AvgIpc) is 3.25. The zero-order valence-corrected chi connectivity index (χ0v) is 14.3. The summed E-state index contributed by atoms with van der Waals surface area (Å²) < 4.78 is 7.39. The third-order valence-electron chi connectivity index (χ3n) is 4.66. The molecule has 0 unspecified atom stereocenters. The number of fused-ring (bicyclic) bond motifs is 1. The van der Waals surface area contributed by atoms with Gasteiger partial charge in [-0.25, -0.2) is 4.68 Å². The van der Waals surface area contributed by atoms with Crippen molar-refractivity contribution in [3.05, 3.63) is 58.0 Å². The van der Waals surface area contributed by atoms with Gasteiger partial charge in [0.2, 0.25) is 0 Å². The van der Waals surface area contributed by atoms with Crippen LogP contribution in [0.3, 0.4) is 0 Å². The van der Waals surface area contributed by atoms with Crippen LogP contribution in [0, 0.1) is 6.92 Å². The van der Waals surface area contributed by atoms with Gasteiger partial charge in [-0.15, -0.1) is 0 Å². The second-order valence-corrected chi connectivity index (χ2v) is 6.48. The Morgan fingerprint density at radius 2 is 2.20 bits per heavy atom. The molecule has 25 heavy (non-hydrogen) atoms. The van der Waals surface area contributed by atoms with E-state index in [0.29, 0.717) is 6.54 Å². The highest BCUT2D eigenvalue weighted by Crippen LogP contribution is 2.19. The van der Waals surface area contributed by atoms with Crippen LogP contribution in [0.2, 0.25) is 0 Å². The van der Waals surface area contributed by atoms with Crippen LogP contribution in [0.15, 0.2) is 41.2 Å². The summed E-state index contributed by atoms with van der Waals surface area (Å²) in [4.78, 5) is 15.5. The highest BCUT2D eigenvalue weighted by molar-refractivity contribution is 5.80. The van der Waals surface area contributed by atoms with Crippen molar-refractivity contribution in [3.63, 3.8) is 0 Å². The van der Waals surface area contributed by atoms with Crippen molar-refractivity contribution >= 4 is 11.0 Å². The van der Waals surface area contributed by atoms with E-state index in [-0.39, 0.29) is 11.7 Å². The van der Waals surface area contributed by atoms with Crippen molar-refractivity contribution in [2.24, 2.45) is 0 Å². The Balaban J connectivity index is 1.61. The number of nitrogens with one attached hydrogen (secondary N) is 2. The second-order valence-electron chi connectivity index (χ2n) is 6.48. The molecule has 6 nitrogen and oxygen atoms in total. The number of benzene rings is 1. The van der Waals surface area contributed by atoms with Crippen LogP contribution in [0.4, 0.5) is 0 Å². The summed E-state index contributed by atoms with van der Waals surface area (Å²) in [7, 11) is 0. The van der Waals surface area contributed by atoms with Crippen LogP contribution >= 0.6 is 0 Å². The first-order valence-electron chi connectivity index (χ1n) is 8.71. The van der Waals surface area contributed by atoms with Crippen LogP contribution in [-0.4, -0.2) is 34.0 Å². The zero-order chi connectivity index (χ0) is 17.2. The van der Waals surface area contributed by atoms with E-state index in [1.807, 2.05) is 43.3 Å². The molecule has 0 saturated carbocycles. The molecule has 0 amide bonds. The van der Waals surface area contributed by atoms with Crippen molar-refractivity contribution in [1.82, 2.24) is 20.1 Å². The number of ether oxygens (including phenoxy) is 1. The molecule has 1 atom stereocenters. The number of pyridine rings is 1. The maximum Gasteiger partial charge on any atom is 0.254 e. The van der Waals surface area contributed by atoms with Crippen LogP contribution in [0.25, 0.3) is 16.7 Å². The molecule has 0 radical (unpaired) electrons. The van der Waals surface area contributed by atoms with Crippen molar-refractivity contribution in [2.75, 3.05) is 13.2 Å². The molecular formula is C19H22N4O2. The monoisotopic (exact) mass is 338 g/mol. The Morgan fingerprint density at radius 1 is 1.36 bits per heavy atom. The molecule has 0 spiro atoms. The Bertz CT molecular complexity index is 924. The first-order chi connectivity index (χ1) is 12.2. The summed E-state index contributed by atoms with van der Waals surface area (Å²) in [5.41, 5.74) is 3.21. The van der Waals surface area contributed by atoms with Gasteiger partial charge in [0.1, 0.15) is 5.65 Å². The number of aryl methyl sites for hydroxylation is 1. The molecule has 1 aliphatic heterocycles. The third-order valence-corrected chi connectivity index (χ3v) is 4.66. The lowest BCUT2D eigenvalue weighted by molar-refractivity contribution is 0.110. The van der Waals surface area contributed by atoms with E-state index in [1.165, 1.54) is 0 Å². The number of nitrogens with zero attached hydrogens (tertiary/aromatic N) is 2. The molecule has 1 saturated heterocycles. The van der Waals surface area contributed by atoms with E-state index >= 15 is 0 Å². The lowest BCUT2D eigenvalue weighted by Gasteiger charge is -2.10. The third kappa shape index (κ3) is 3.23. The molecule has 0 bridgehead atoms. The van der Waals surface area contributed by atoms with E-state index < -0.39 is 0 Å². The fourth-order valence-corrected chi connectivity index (χ4v) is 3.32. The first-order valence-corrected chi connectivity index (χ1v) is 8.71. The Labute approximate surface area is 145 Å². The van der Waals surface area contributed by atoms with Gasteiger partial charge in [0.25, 0.3) is 5.56 Å². The molecule has 1 fully saturated rings. The Morgan fingerprint density at radius 3 is 2.96 bits per heavy atom. The lowest BCUT2D eigenvalue weighted by atomic mass is 10.2. The van der Waals surface area contributed by atoms with Crippen LogP contribution in [0.5, 0.6) is 0 Å². The highest BCUT2D eigenvalue weighted by Gasteiger charge is 2.16. The highest BCUT2D eigenvalue weighted by atomic mass is 16.5. The zero-order valence-electron chi connectivity index (χ0n) is 14.3. The minimum atomic E-state index is -0.0792. The van der Waals surface area contributed by atoms with Crippen LogP contribution in [0.1, 0.15) is 24.1 Å². The minimum Gasteiger partial charge on any atom is -0.377 e. The number of rotatable bonds is 5. The van der Waals surface area contributed by atoms with Crippen molar-refractivity contribution < 1.29 is 4.74 Å². The van der Waals surface area contributed by atoms with Crippen LogP contribution < -0.4 is 10.9 Å².